The Labute approximate surface area is 243 Å². The van der Waals surface area contributed by atoms with E-state index in [-0.39, 0.29) is 50.3 Å². The van der Waals surface area contributed by atoms with E-state index in [0.29, 0.717) is 19.4 Å². The number of amides is 5. The SMILES string of the molecule is CC(C)(CCOC(C)(C)C)NC(=O)[C@H](CC(=O)NCCCC(=O)OC(C)(C)C)NC(=O)CCCN1C(=O)C=CC1=O. The molecule has 0 aromatic carbocycles. The van der Waals surface area contributed by atoms with E-state index >= 15 is 0 Å². The van der Waals surface area contributed by atoms with Crippen molar-refractivity contribution in [3.05, 3.63) is 12.2 Å². The second-order valence-corrected chi connectivity index (χ2v) is 12.7. The average Bonchev–Trinajstić information content (AvgIpc) is 3.11. The molecule has 1 atom stereocenters. The van der Waals surface area contributed by atoms with Gasteiger partial charge >= 0.3 is 5.97 Å². The van der Waals surface area contributed by atoms with E-state index in [1.165, 1.54) is 12.2 Å². The van der Waals surface area contributed by atoms with Crippen molar-refractivity contribution in [3.63, 3.8) is 0 Å². The van der Waals surface area contributed by atoms with Crippen LogP contribution in [0.4, 0.5) is 0 Å². The number of carbonyl (C=O) groups excluding carboxylic acids is 6. The molecule has 12 heteroatoms. The van der Waals surface area contributed by atoms with Gasteiger partial charge < -0.3 is 25.4 Å². The molecular formula is C29H48N4O8. The highest BCUT2D eigenvalue weighted by atomic mass is 16.6. The van der Waals surface area contributed by atoms with E-state index in [4.69, 9.17) is 9.47 Å². The first-order chi connectivity index (χ1) is 18.8. The first kappa shape index (κ1) is 35.7. The molecule has 0 radical (unpaired) electrons. The van der Waals surface area contributed by atoms with Gasteiger partial charge in [-0.1, -0.05) is 0 Å². The molecule has 0 bridgehead atoms. The van der Waals surface area contributed by atoms with E-state index in [0.717, 1.165) is 4.90 Å². The number of nitrogens with zero attached hydrogens (tertiary/aromatic N) is 1. The minimum atomic E-state index is -1.16. The van der Waals surface area contributed by atoms with Crippen LogP contribution in [0.1, 0.15) is 93.9 Å². The van der Waals surface area contributed by atoms with Crippen molar-refractivity contribution in [2.75, 3.05) is 19.7 Å². The van der Waals surface area contributed by atoms with Crippen LogP contribution >= 0.6 is 0 Å². The number of hydrogen-bond donors (Lipinski definition) is 3. The summed E-state index contributed by atoms with van der Waals surface area (Å²) in [6, 6.07) is -1.16. The third-order valence-electron chi connectivity index (χ3n) is 5.75. The number of esters is 1. The Morgan fingerprint density at radius 3 is 2.02 bits per heavy atom. The summed E-state index contributed by atoms with van der Waals surface area (Å²) < 4.78 is 11.0. The summed E-state index contributed by atoms with van der Waals surface area (Å²) in [4.78, 5) is 74.8. The molecule has 0 aliphatic carbocycles. The van der Waals surface area contributed by atoms with Crippen molar-refractivity contribution < 1.29 is 38.2 Å². The summed E-state index contributed by atoms with van der Waals surface area (Å²) in [6.07, 6.45) is 3.15. The highest BCUT2D eigenvalue weighted by molar-refractivity contribution is 6.12. The zero-order chi connectivity index (χ0) is 31.4. The van der Waals surface area contributed by atoms with Gasteiger partial charge in [0.1, 0.15) is 11.6 Å². The third kappa shape index (κ3) is 15.9. The quantitative estimate of drug-likeness (QED) is 0.142. The average molecular weight is 581 g/mol. The summed E-state index contributed by atoms with van der Waals surface area (Å²) in [5, 5.41) is 8.18. The van der Waals surface area contributed by atoms with Crippen LogP contribution in [-0.2, 0) is 38.2 Å². The lowest BCUT2D eigenvalue weighted by molar-refractivity contribution is -0.155. The van der Waals surface area contributed by atoms with Crippen molar-refractivity contribution in [1.82, 2.24) is 20.9 Å². The molecule has 1 rings (SSSR count). The molecule has 0 unspecified atom stereocenters. The van der Waals surface area contributed by atoms with E-state index in [1.54, 1.807) is 20.8 Å². The predicted octanol–water partition coefficient (Wildman–Crippen LogP) is 1.90. The molecule has 0 saturated carbocycles. The first-order valence-corrected chi connectivity index (χ1v) is 14.1. The van der Waals surface area contributed by atoms with Crippen molar-refractivity contribution in [1.29, 1.82) is 0 Å². The molecule has 1 heterocycles. The maximum absolute atomic E-state index is 13.2. The summed E-state index contributed by atoms with van der Waals surface area (Å²) in [5.41, 5.74) is -1.61. The number of rotatable bonds is 16. The molecule has 1 aliphatic heterocycles. The Balaban J connectivity index is 2.72. The fourth-order valence-electron chi connectivity index (χ4n) is 3.73. The van der Waals surface area contributed by atoms with Gasteiger partial charge in [-0.2, -0.15) is 0 Å². The van der Waals surface area contributed by atoms with Gasteiger partial charge in [-0.15, -0.1) is 0 Å². The van der Waals surface area contributed by atoms with E-state index in [2.05, 4.69) is 16.0 Å². The van der Waals surface area contributed by atoms with E-state index in [1.807, 2.05) is 34.6 Å². The molecule has 232 valence electrons. The summed E-state index contributed by atoms with van der Waals surface area (Å²) in [6.45, 7) is 15.4. The summed E-state index contributed by atoms with van der Waals surface area (Å²) in [5.74, 6) is -2.74. The minimum absolute atomic E-state index is 0.0544. The second kappa shape index (κ2) is 15.6. The van der Waals surface area contributed by atoms with Crippen molar-refractivity contribution in [3.8, 4) is 0 Å². The highest BCUT2D eigenvalue weighted by Crippen LogP contribution is 2.14. The number of nitrogens with one attached hydrogen (secondary N) is 3. The number of hydrogen-bond acceptors (Lipinski definition) is 8. The van der Waals surface area contributed by atoms with Crippen LogP contribution in [0.3, 0.4) is 0 Å². The van der Waals surface area contributed by atoms with Gasteiger partial charge in [-0.05, 0) is 74.7 Å². The van der Waals surface area contributed by atoms with Gasteiger partial charge in [-0.3, -0.25) is 33.7 Å². The van der Waals surface area contributed by atoms with Crippen molar-refractivity contribution in [2.24, 2.45) is 0 Å². The molecule has 0 aromatic rings. The molecule has 0 spiro atoms. The van der Waals surface area contributed by atoms with Gasteiger partial charge in [0.25, 0.3) is 11.8 Å². The lowest BCUT2D eigenvalue weighted by atomic mass is 9.99. The lowest BCUT2D eigenvalue weighted by Crippen LogP contribution is -2.55. The Kier molecular flexibility index (Phi) is 13.6. The second-order valence-electron chi connectivity index (χ2n) is 12.7. The van der Waals surface area contributed by atoms with Crippen molar-refractivity contribution in [2.45, 2.75) is 117 Å². The predicted molar refractivity (Wildman–Crippen MR) is 152 cm³/mol. The Morgan fingerprint density at radius 1 is 0.854 bits per heavy atom. The number of carbonyl (C=O) groups is 6. The molecule has 5 amide bonds. The molecular weight excluding hydrogens is 532 g/mol. The Hall–Kier alpha value is -3.28. The smallest absolute Gasteiger partial charge is 0.306 e. The molecule has 0 saturated heterocycles. The van der Waals surface area contributed by atoms with Gasteiger partial charge in [-0.25, -0.2) is 0 Å². The van der Waals surface area contributed by atoms with Crippen LogP contribution in [0, 0.1) is 0 Å². The first-order valence-electron chi connectivity index (χ1n) is 14.1. The number of imide groups is 1. The van der Waals surface area contributed by atoms with Gasteiger partial charge in [0.05, 0.1) is 12.0 Å². The van der Waals surface area contributed by atoms with Crippen LogP contribution < -0.4 is 16.0 Å². The van der Waals surface area contributed by atoms with Gasteiger partial charge in [0, 0.05) is 50.2 Å². The standard InChI is InChI=1S/C29H48N4O8/c1-27(2,3)40-18-15-29(7,8)32-26(39)20(19-22(35)30-16-9-12-25(38)41-28(4,5)6)31-21(34)11-10-17-33-23(36)13-14-24(33)37/h13-14,20H,9-12,15-19H2,1-8H3,(H,30,35)(H,31,34)(H,32,39)/t20-/m0/s1. The summed E-state index contributed by atoms with van der Waals surface area (Å²) in [7, 11) is 0. The monoisotopic (exact) mass is 580 g/mol. The van der Waals surface area contributed by atoms with Crippen LogP contribution in [-0.4, -0.2) is 82.9 Å². The maximum Gasteiger partial charge on any atom is 0.306 e. The fourth-order valence-corrected chi connectivity index (χ4v) is 3.73. The van der Waals surface area contributed by atoms with Crippen LogP contribution in [0.15, 0.2) is 12.2 Å². The lowest BCUT2D eigenvalue weighted by Gasteiger charge is -2.30. The van der Waals surface area contributed by atoms with Gasteiger partial charge in [0.2, 0.25) is 17.7 Å². The van der Waals surface area contributed by atoms with Crippen molar-refractivity contribution >= 4 is 35.5 Å². The van der Waals surface area contributed by atoms with Gasteiger partial charge in [0.15, 0.2) is 0 Å². The molecule has 3 N–H and O–H groups in total. The van der Waals surface area contributed by atoms with Crippen LogP contribution in [0.5, 0.6) is 0 Å². The fraction of sp³-hybridized carbons (Fsp3) is 0.724. The zero-order valence-electron chi connectivity index (χ0n) is 25.8. The molecule has 0 aromatic heterocycles. The Bertz CT molecular complexity index is 974. The minimum Gasteiger partial charge on any atom is -0.460 e. The number of ether oxygens (including phenoxy) is 2. The normalized spacial score (nSPS) is 14.6. The zero-order valence-corrected chi connectivity index (χ0v) is 25.8. The summed E-state index contributed by atoms with van der Waals surface area (Å²) >= 11 is 0. The topological polar surface area (TPSA) is 160 Å². The van der Waals surface area contributed by atoms with E-state index in [9.17, 15) is 28.8 Å². The van der Waals surface area contributed by atoms with Crippen LogP contribution in [0.25, 0.3) is 0 Å². The van der Waals surface area contributed by atoms with Crippen LogP contribution in [0.2, 0.25) is 0 Å². The third-order valence-corrected chi connectivity index (χ3v) is 5.75. The molecule has 0 fully saturated rings. The molecule has 1 aliphatic rings. The highest BCUT2D eigenvalue weighted by Gasteiger charge is 2.30. The molecule has 12 nitrogen and oxygen atoms in total. The largest absolute Gasteiger partial charge is 0.460 e. The Morgan fingerprint density at radius 2 is 1.46 bits per heavy atom. The maximum atomic E-state index is 13.2. The van der Waals surface area contributed by atoms with E-state index < -0.39 is 46.7 Å². The molecule has 41 heavy (non-hydrogen) atoms.